The van der Waals surface area contributed by atoms with Gasteiger partial charge >= 0.3 is 0 Å². The van der Waals surface area contributed by atoms with Gasteiger partial charge in [-0.25, -0.2) is 15.0 Å². The number of hydrogen-bond acceptors (Lipinski definition) is 4. The van der Waals surface area contributed by atoms with Crippen molar-refractivity contribution in [2.24, 2.45) is 0 Å². The monoisotopic (exact) mass is 524 g/mol. The molecule has 5 aromatic carbocycles. The van der Waals surface area contributed by atoms with Gasteiger partial charge in [0.15, 0.2) is 5.82 Å². The van der Waals surface area contributed by atoms with Crippen molar-refractivity contribution in [3.05, 3.63) is 146 Å². The maximum atomic E-state index is 5.24. The van der Waals surface area contributed by atoms with Crippen LogP contribution in [0.1, 0.15) is 0 Å². The van der Waals surface area contributed by atoms with Gasteiger partial charge in [0.05, 0.1) is 22.3 Å². The van der Waals surface area contributed by atoms with Gasteiger partial charge in [-0.2, -0.15) is 0 Å². The van der Waals surface area contributed by atoms with Gasteiger partial charge in [-0.1, -0.05) is 109 Å². The van der Waals surface area contributed by atoms with Crippen molar-refractivity contribution < 1.29 is 0 Å². The molecule has 0 bridgehead atoms. The number of fused-ring (bicyclic) bond motifs is 2. The molecule has 7 aromatic rings. The van der Waals surface area contributed by atoms with Gasteiger partial charge in [0, 0.05) is 11.1 Å². The number of para-hydroxylation sites is 1. The van der Waals surface area contributed by atoms with Crippen LogP contribution in [0.3, 0.4) is 0 Å². The molecular weight excluding hydrogens is 500 g/mol. The third-order valence-electron chi connectivity index (χ3n) is 7.69. The zero-order valence-corrected chi connectivity index (χ0v) is 22.1. The minimum absolute atomic E-state index is 0.815. The van der Waals surface area contributed by atoms with Gasteiger partial charge in [-0.05, 0) is 58.1 Å². The van der Waals surface area contributed by atoms with Crippen LogP contribution in [0.4, 0.5) is 17.3 Å². The topological polar surface area (TPSA) is 41.9 Å². The van der Waals surface area contributed by atoms with E-state index in [9.17, 15) is 0 Å². The standard InChI is InChI=1S/C37H24N4/c1-4-12-25(13-5-1)28-20-31-30-18-10-11-19-34(30)41(37-36(31)33(22-28)38-24-39-37)35-23-29(26-14-6-2-7-15-26)21-32(40-35)27-16-8-3-9-17-27/h1-24H. The van der Waals surface area contributed by atoms with E-state index in [1.807, 2.05) is 18.2 Å². The summed E-state index contributed by atoms with van der Waals surface area (Å²) in [6.07, 6.45) is 1.66. The smallest absolute Gasteiger partial charge is 0.150 e. The molecule has 3 heterocycles. The van der Waals surface area contributed by atoms with E-state index in [-0.39, 0.29) is 0 Å². The molecule has 4 heteroatoms. The Hall–Kier alpha value is -5.61. The summed E-state index contributed by atoms with van der Waals surface area (Å²) >= 11 is 0. The lowest BCUT2D eigenvalue weighted by molar-refractivity contribution is 1.11. The molecule has 1 aliphatic rings. The Morgan fingerprint density at radius 2 is 1.07 bits per heavy atom. The van der Waals surface area contributed by atoms with Crippen LogP contribution in [0.5, 0.6) is 0 Å². The fourth-order valence-electron chi connectivity index (χ4n) is 5.78. The van der Waals surface area contributed by atoms with Gasteiger partial charge < -0.3 is 0 Å². The molecule has 0 N–H and O–H groups in total. The summed E-state index contributed by atoms with van der Waals surface area (Å²) in [5.74, 6) is 1.65. The first-order valence-corrected chi connectivity index (χ1v) is 13.7. The van der Waals surface area contributed by atoms with E-state index in [1.165, 1.54) is 0 Å². The SMILES string of the molecule is c1ccc(-c2cc(-c3ccccc3)nc(N3c4ccccc4-c4cc(-c5ccccc5)cc5ncnc3c45)c2)cc1. The highest BCUT2D eigenvalue weighted by Gasteiger charge is 2.29. The predicted molar refractivity (Wildman–Crippen MR) is 167 cm³/mol. The Balaban J connectivity index is 1.41. The number of rotatable bonds is 4. The van der Waals surface area contributed by atoms with Gasteiger partial charge in [0.2, 0.25) is 0 Å². The fourth-order valence-corrected chi connectivity index (χ4v) is 5.78. The van der Waals surface area contributed by atoms with E-state index >= 15 is 0 Å². The molecule has 0 spiro atoms. The van der Waals surface area contributed by atoms with Crippen molar-refractivity contribution in [2.45, 2.75) is 0 Å². The third-order valence-corrected chi connectivity index (χ3v) is 7.69. The van der Waals surface area contributed by atoms with Crippen molar-refractivity contribution in [3.63, 3.8) is 0 Å². The largest absolute Gasteiger partial charge is 0.278 e. The quantitative estimate of drug-likeness (QED) is 0.230. The fraction of sp³-hybridized carbons (Fsp3) is 0. The lowest BCUT2D eigenvalue weighted by atomic mass is 9.91. The molecule has 0 atom stereocenters. The van der Waals surface area contributed by atoms with Crippen LogP contribution in [0.2, 0.25) is 0 Å². The summed E-state index contributed by atoms with van der Waals surface area (Å²) in [5, 5.41) is 1.03. The van der Waals surface area contributed by atoms with Gasteiger partial charge in [0.25, 0.3) is 0 Å². The number of aromatic nitrogens is 3. The van der Waals surface area contributed by atoms with E-state index in [4.69, 9.17) is 15.0 Å². The lowest BCUT2D eigenvalue weighted by Crippen LogP contribution is -2.18. The second-order valence-corrected chi connectivity index (χ2v) is 10.2. The van der Waals surface area contributed by atoms with Crippen molar-refractivity contribution in [1.82, 2.24) is 15.0 Å². The van der Waals surface area contributed by atoms with Crippen LogP contribution in [0.15, 0.2) is 146 Å². The molecule has 1 aliphatic heterocycles. The van der Waals surface area contributed by atoms with Crippen molar-refractivity contribution in [1.29, 1.82) is 0 Å². The second kappa shape index (κ2) is 9.54. The number of nitrogens with zero attached hydrogens (tertiary/aromatic N) is 4. The molecule has 41 heavy (non-hydrogen) atoms. The zero-order valence-electron chi connectivity index (χ0n) is 22.1. The maximum absolute atomic E-state index is 5.24. The van der Waals surface area contributed by atoms with E-state index in [0.29, 0.717) is 0 Å². The summed E-state index contributed by atoms with van der Waals surface area (Å²) in [6.45, 7) is 0. The minimum atomic E-state index is 0.815. The highest BCUT2D eigenvalue weighted by atomic mass is 15.3. The highest BCUT2D eigenvalue weighted by molar-refractivity contribution is 6.12. The predicted octanol–water partition coefficient (Wildman–Crippen LogP) is 9.48. The van der Waals surface area contributed by atoms with E-state index in [1.54, 1.807) is 6.33 Å². The molecule has 0 saturated carbocycles. The van der Waals surface area contributed by atoms with Crippen LogP contribution >= 0.6 is 0 Å². The molecule has 0 unspecified atom stereocenters. The minimum Gasteiger partial charge on any atom is -0.278 e. The second-order valence-electron chi connectivity index (χ2n) is 10.2. The van der Waals surface area contributed by atoms with Gasteiger partial charge in [-0.3, -0.25) is 4.90 Å². The normalized spacial score (nSPS) is 11.9. The summed E-state index contributed by atoms with van der Waals surface area (Å²) in [6, 6.07) is 48.5. The van der Waals surface area contributed by atoms with Crippen molar-refractivity contribution >= 4 is 28.2 Å². The molecule has 2 aromatic heterocycles. The highest BCUT2D eigenvalue weighted by Crippen LogP contribution is 2.50. The first-order chi connectivity index (χ1) is 20.3. The molecule has 0 saturated heterocycles. The molecule has 0 radical (unpaired) electrons. The molecule has 0 fully saturated rings. The molecular formula is C37H24N4. The molecule has 0 amide bonds. The third kappa shape index (κ3) is 3.97. The molecule has 8 rings (SSSR count). The summed E-state index contributed by atoms with van der Waals surface area (Å²) in [4.78, 5) is 17.1. The molecule has 0 aliphatic carbocycles. The zero-order chi connectivity index (χ0) is 27.2. The number of hydrogen-bond donors (Lipinski definition) is 0. The molecule has 4 nitrogen and oxygen atoms in total. The number of benzene rings is 5. The Bertz CT molecular complexity index is 1980. The number of anilines is 3. The Morgan fingerprint density at radius 3 is 1.78 bits per heavy atom. The average molecular weight is 525 g/mol. The summed E-state index contributed by atoms with van der Waals surface area (Å²) < 4.78 is 0. The molecule has 192 valence electrons. The lowest BCUT2D eigenvalue weighted by Gasteiger charge is -2.32. The summed E-state index contributed by atoms with van der Waals surface area (Å²) in [5.41, 5.74) is 10.7. The Labute approximate surface area is 238 Å². The Kier molecular flexibility index (Phi) is 5.42. The van der Waals surface area contributed by atoms with Crippen LogP contribution in [0.25, 0.3) is 55.5 Å². The summed E-state index contributed by atoms with van der Waals surface area (Å²) in [7, 11) is 0. The number of pyridine rings is 1. The van der Waals surface area contributed by atoms with Crippen LogP contribution in [-0.2, 0) is 0 Å². The van der Waals surface area contributed by atoms with E-state index < -0.39 is 0 Å². The Morgan fingerprint density at radius 1 is 0.463 bits per heavy atom. The average Bonchev–Trinajstić information content (AvgIpc) is 3.06. The maximum Gasteiger partial charge on any atom is 0.150 e. The van der Waals surface area contributed by atoms with Crippen LogP contribution < -0.4 is 4.90 Å². The van der Waals surface area contributed by atoms with Crippen LogP contribution in [-0.4, -0.2) is 15.0 Å². The van der Waals surface area contributed by atoms with Crippen molar-refractivity contribution in [2.75, 3.05) is 4.90 Å². The van der Waals surface area contributed by atoms with Crippen molar-refractivity contribution in [3.8, 4) is 44.6 Å². The first kappa shape index (κ1) is 23.3. The van der Waals surface area contributed by atoms with Crippen LogP contribution in [0, 0.1) is 0 Å². The first-order valence-electron chi connectivity index (χ1n) is 13.7. The van der Waals surface area contributed by atoms with E-state index in [0.717, 1.165) is 72.9 Å². The van der Waals surface area contributed by atoms with Gasteiger partial charge in [-0.15, -0.1) is 0 Å². The van der Waals surface area contributed by atoms with Gasteiger partial charge in [0.1, 0.15) is 12.1 Å². The van der Waals surface area contributed by atoms with E-state index in [2.05, 4.69) is 126 Å².